The minimum atomic E-state index is 0.0975. The minimum Gasteiger partial charge on any atom is -0.377 e. The van der Waals surface area contributed by atoms with Gasteiger partial charge in [-0.2, -0.15) is 0 Å². The third-order valence-corrected chi connectivity index (χ3v) is 4.00. The van der Waals surface area contributed by atoms with E-state index in [1.54, 1.807) is 0 Å². The Bertz CT molecular complexity index is 382. The molecule has 1 aromatic rings. The van der Waals surface area contributed by atoms with Crippen LogP contribution in [0.15, 0.2) is 18.2 Å². The Kier molecular flexibility index (Phi) is 4.08. The third kappa shape index (κ3) is 3.01. The van der Waals surface area contributed by atoms with E-state index in [1.165, 1.54) is 30.4 Å². The van der Waals surface area contributed by atoms with Crippen molar-refractivity contribution in [2.75, 3.05) is 13.7 Å². The largest absolute Gasteiger partial charge is 0.377 e. The number of aryl methyl sites for hydroxylation is 1. The van der Waals surface area contributed by atoms with Crippen molar-refractivity contribution >= 4 is 11.6 Å². The summed E-state index contributed by atoms with van der Waals surface area (Å²) in [6.07, 6.45) is 3.64. The summed E-state index contributed by atoms with van der Waals surface area (Å²) in [6, 6.07) is 6.04. The van der Waals surface area contributed by atoms with Crippen LogP contribution in [0.4, 0.5) is 0 Å². The summed E-state index contributed by atoms with van der Waals surface area (Å²) in [5.41, 5.74) is 2.64. The van der Waals surface area contributed by atoms with Crippen LogP contribution in [-0.2, 0) is 11.3 Å². The van der Waals surface area contributed by atoms with Gasteiger partial charge >= 0.3 is 0 Å². The van der Waals surface area contributed by atoms with Crippen LogP contribution in [0.1, 0.15) is 30.4 Å². The monoisotopic (exact) mass is 253 g/mol. The SMILES string of the molecule is COC1(CNCc2ccc(Cl)cc2C)CCC1. The van der Waals surface area contributed by atoms with Crippen LogP contribution in [-0.4, -0.2) is 19.3 Å². The molecule has 1 fully saturated rings. The Morgan fingerprint density at radius 3 is 2.71 bits per heavy atom. The molecule has 1 aliphatic rings. The summed E-state index contributed by atoms with van der Waals surface area (Å²) in [5, 5.41) is 4.29. The van der Waals surface area contributed by atoms with Gasteiger partial charge in [0.1, 0.15) is 0 Å². The molecule has 2 rings (SSSR count). The molecule has 0 radical (unpaired) electrons. The van der Waals surface area contributed by atoms with Crippen LogP contribution in [0.25, 0.3) is 0 Å². The van der Waals surface area contributed by atoms with Crippen molar-refractivity contribution in [3.05, 3.63) is 34.3 Å². The third-order valence-electron chi connectivity index (χ3n) is 3.77. The maximum Gasteiger partial charge on any atom is 0.0802 e. The number of methoxy groups -OCH3 is 1. The summed E-state index contributed by atoms with van der Waals surface area (Å²) in [6.45, 7) is 3.91. The van der Waals surface area contributed by atoms with Crippen LogP contribution in [0.2, 0.25) is 5.02 Å². The van der Waals surface area contributed by atoms with E-state index < -0.39 is 0 Å². The molecule has 1 N–H and O–H groups in total. The molecule has 0 aliphatic heterocycles. The molecule has 0 bridgehead atoms. The fraction of sp³-hybridized carbons (Fsp3) is 0.571. The topological polar surface area (TPSA) is 21.3 Å². The van der Waals surface area contributed by atoms with E-state index in [9.17, 15) is 0 Å². The van der Waals surface area contributed by atoms with Crippen molar-refractivity contribution in [1.29, 1.82) is 0 Å². The molecule has 0 atom stereocenters. The van der Waals surface area contributed by atoms with Crippen molar-refractivity contribution in [3.8, 4) is 0 Å². The van der Waals surface area contributed by atoms with Gasteiger partial charge in [-0.15, -0.1) is 0 Å². The van der Waals surface area contributed by atoms with Gasteiger partial charge in [0.2, 0.25) is 0 Å². The molecule has 0 spiro atoms. The number of ether oxygens (including phenoxy) is 1. The Balaban J connectivity index is 1.85. The summed E-state index contributed by atoms with van der Waals surface area (Å²) >= 11 is 5.94. The van der Waals surface area contributed by atoms with E-state index in [4.69, 9.17) is 16.3 Å². The van der Waals surface area contributed by atoms with E-state index in [0.29, 0.717) is 0 Å². The summed E-state index contributed by atoms with van der Waals surface area (Å²) in [7, 11) is 1.81. The number of hydrogen-bond donors (Lipinski definition) is 1. The first kappa shape index (κ1) is 12.9. The van der Waals surface area contributed by atoms with Crippen LogP contribution in [0.5, 0.6) is 0 Å². The van der Waals surface area contributed by atoms with E-state index in [1.807, 2.05) is 19.2 Å². The molecule has 0 saturated heterocycles. The summed E-state index contributed by atoms with van der Waals surface area (Å²) < 4.78 is 5.58. The number of hydrogen-bond acceptors (Lipinski definition) is 2. The van der Waals surface area contributed by atoms with Gasteiger partial charge in [-0.3, -0.25) is 0 Å². The highest BCUT2D eigenvalue weighted by atomic mass is 35.5. The average molecular weight is 254 g/mol. The lowest BCUT2D eigenvalue weighted by atomic mass is 9.80. The fourth-order valence-electron chi connectivity index (χ4n) is 2.31. The van der Waals surface area contributed by atoms with Crippen molar-refractivity contribution in [2.24, 2.45) is 0 Å². The Hall–Kier alpha value is -0.570. The quantitative estimate of drug-likeness (QED) is 0.869. The Morgan fingerprint density at radius 1 is 1.41 bits per heavy atom. The number of benzene rings is 1. The number of nitrogens with one attached hydrogen (secondary N) is 1. The van der Waals surface area contributed by atoms with E-state index >= 15 is 0 Å². The molecule has 94 valence electrons. The smallest absolute Gasteiger partial charge is 0.0802 e. The summed E-state index contributed by atoms with van der Waals surface area (Å²) in [5.74, 6) is 0. The number of rotatable bonds is 5. The predicted octanol–water partition coefficient (Wildman–Crippen LogP) is 3.31. The Labute approximate surface area is 108 Å². The molecular formula is C14H20ClNO. The van der Waals surface area contributed by atoms with Crippen LogP contribution in [0, 0.1) is 6.92 Å². The molecule has 3 heteroatoms. The highest BCUT2D eigenvalue weighted by Gasteiger charge is 2.36. The molecule has 17 heavy (non-hydrogen) atoms. The molecule has 1 aliphatic carbocycles. The molecular weight excluding hydrogens is 234 g/mol. The second-order valence-electron chi connectivity index (χ2n) is 4.92. The van der Waals surface area contributed by atoms with Gasteiger partial charge in [-0.1, -0.05) is 17.7 Å². The standard InChI is InChI=1S/C14H20ClNO/c1-11-8-13(15)5-4-12(11)9-16-10-14(17-2)6-3-7-14/h4-5,8,16H,3,6-7,9-10H2,1-2H3. The van der Waals surface area contributed by atoms with Gasteiger partial charge in [-0.25, -0.2) is 0 Å². The van der Waals surface area contributed by atoms with Crippen LogP contribution in [0.3, 0.4) is 0 Å². The van der Waals surface area contributed by atoms with E-state index in [0.717, 1.165) is 18.1 Å². The average Bonchev–Trinajstić information content (AvgIpc) is 2.25. The van der Waals surface area contributed by atoms with Gasteiger partial charge in [0.15, 0.2) is 0 Å². The van der Waals surface area contributed by atoms with Gasteiger partial charge < -0.3 is 10.1 Å². The van der Waals surface area contributed by atoms with Gasteiger partial charge in [0, 0.05) is 25.2 Å². The zero-order chi connectivity index (χ0) is 12.3. The van der Waals surface area contributed by atoms with Gasteiger partial charge in [0.25, 0.3) is 0 Å². The highest BCUT2D eigenvalue weighted by molar-refractivity contribution is 6.30. The maximum absolute atomic E-state index is 5.94. The second kappa shape index (κ2) is 5.38. The fourth-order valence-corrected chi connectivity index (χ4v) is 2.53. The lowest BCUT2D eigenvalue weighted by Gasteiger charge is -2.40. The Morgan fingerprint density at radius 2 is 2.18 bits per heavy atom. The predicted molar refractivity (Wildman–Crippen MR) is 71.5 cm³/mol. The van der Waals surface area contributed by atoms with Crippen molar-refractivity contribution in [3.63, 3.8) is 0 Å². The van der Waals surface area contributed by atoms with E-state index in [2.05, 4.69) is 18.3 Å². The van der Waals surface area contributed by atoms with E-state index in [-0.39, 0.29) is 5.60 Å². The zero-order valence-corrected chi connectivity index (χ0v) is 11.3. The molecule has 0 amide bonds. The van der Waals surface area contributed by atoms with Crippen LogP contribution < -0.4 is 5.32 Å². The highest BCUT2D eigenvalue weighted by Crippen LogP contribution is 2.34. The lowest BCUT2D eigenvalue weighted by molar-refractivity contribution is -0.0695. The molecule has 1 aromatic carbocycles. The van der Waals surface area contributed by atoms with Gasteiger partial charge in [-0.05, 0) is 49.4 Å². The first-order valence-corrected chi connectivity index (χ1v) is 6.54. The second-order valence-corrected chi connectivity index (χ2v) is 5.35. The first-order valence-electron chi connectivity index (χ1n) is 6.16. The van der Waals surface area contributed by atoms with Gasteiger partial charge in [0.05, 0.1) is 5.60 Å². The molecule has 0 aromatic heterocycles. The molecule has 0 heterocycles. The van der Waals surface area contributed by atoms with Crippen molar-refractivity contribution < 1.29 is 4.74 Å². The molecule has 0 unspecified atom stereocenters. The van der Waals surface area contributed by atoms with Crippen molar-refractivity contribution in [2.45, 2.75) is 38.3 Å². The normalized spacial score (nSPS) is 17.8. The first-order chi connectivity index (χ1) is 8.15. The van der Waals surface area contributed by atoms with Crippen LogP contribution >= 0.6 is 11.6 Å². The molecule has 2 nitrogen and oxygen atoms in total. The molecule has 1 saturated carbocycles. The number of halogens is 1. The zero-order valence-electron chi connectivity index (χ0n) is 10.6. The lowest BCUT2D eigenvalue weighted by Crippen LogP contribution is -2.47. The maximum atomic E-state index is 5.94. The minimum absolute atomic E-state index is 0.0975. The summed E-state index contributed by atoms with van der Waals surface area (Å²) in [4.78, 5) is 0. The van der Waals surface area contributed by atoms with Crippen molar-refractivity contribution in [1.82, 2.24) is 5.32 Å².